The van der Waals surface area contributed by atoms with Crippen LogP contribution in [0.5, 0.6) is 5.75 Å². The molecular weight excluding hydrogens is 349 g/mol. The van der Waals surface area contributed by atoms with E-state index in [2.05, 4.69) is 6.07 Å². The first-order valence-corrected chi connectivity index (χ1v) is 8.81. The molecular formula is C18H24F3N2O3+. The van der Waals surface area contributed by atoms with Gasteiger partial charge in [-0.05, 0) is 30.7 Å². The van der Waals surface area contributed by atoms with Crippen LogP contribution in [-0.4, -0.2) is 60.5 Å². The van der Waals surface area contributed by atoms with Crippen molar-refractivity contribution in [3.8, 4) is 5.75 Å². The number of fused-ring (bicyclic) bond motifs is 1. The molecule has 2 aliphatic heterocycles. The van der Waals surface area contributed by atoms with Crippen LogP contribution >= 0.6 is 0 Å². The van der Waals surface area contributed by atoms with Crippen LogP contribution in [-0.2, 0) is 17.8 Å². The average molecular weight is 373 g/mol. The van der Waals surface area contributed by atoms with Crippen molar-refractivity contribution in [3.63, 3.8) is 0 Å². The number of quaternary nitrogens is 1. The number of rotatable bonds is 4. The molecule has 8 heteroatoms. The molecule has 1 aromatic carbocycles. The smallest absolute Gasteiger partial charge is 0.417 e. The highest BCUT2D eigenvalue weighted by Crippen LogP contribution is 2.33. The monoisotopic (exact) mass is 373 g/mol. The third kappa shape index (κ3) is 4.12. The molecule has 1 saturated heterocycles. The fourth-order valence-corrected chi connectivity index (χ4v) is 3.39. The first-order chi connectivity index (χ1) is 12.2. The summed E-state index contributed by atoms with van der Waals surface area (Å²) in [7, 11) is 0. The molecule has 2 aliphatic rings. The summed E-state index contributed by atoms with van der Waals surface area (Å²) < 4.78 is 43.7. The zero-order valence-electron chi connectivity index (χ0n) is 14.7. The Morgan fingerprint density at radius 3 is 2.65 bits per heavy atom. The molecule has 0 spiro atoms. The average Bonchev–Trinajstić information content (AvgIpc) is 3.01. The number of piperazine rings is 1. The minimum absolute atomic E-state index is 0.399. The van der Waals surface area contributed by atoms with Gasteiger partial charge in [0.15, 0.2) is 5.60 Å². The molecule has 26 heavy (non-hydrogen) atoms. The number of nitrogens with zero attached hydrogens (tertiary/aromatic N) is 1. The molecule has 0 aromatic heterocycles. The standard InChI is InChI=1S/C18H23F3N2O3/c1-17(25,18(19,20)21)11-16(24)23-7-5-22(6-8-23)12-13-2-3-15-14(10-13)4-9-26-15/h2-3,10,25H,4-9,11-12H2,1H3/p+1/t17-/m1/s1. The Kier molecular flexibility index (Phi) is 5.16. The van der Waals surface area contributed by atoms with Gasteiger partial charge in [-0.25, -0.2) is 0 Å². The summed E-state index contributed by atoms with van der Waals surface area (Å²) in [5, 5.41) is 9.49. The van der Waals surface area contributed by atoms with Crippen LogP contribution in [0.1, 0.15) is 24.5 Å². The SMILES string of the molecule is C[C@@](O)(CC(=O)N1CC[NH+](Cc2ccc3c(c2)CCO3)CC1)C(F)(F)F. The molecule has 1 fully saturated rings. The minimum Gasteiger partial charge on any atom is -0.493 e. The summed E-state index contributed by atoms with van der Waals surface area (Å²) >= 11 is 0. The number of carbonyl (C=O) groups excluding carboxylic acids is 1. The summed E-state index contributed by atoms with van der Waals surface area (Å²) in [6, 6.07) is 6.17. The van der Waals surface area contributed by atoms with Crippen LogP contribution < -0.4 is 9.64 Å². The van der Waals surface area contributed by atoms with Gasteiger partial charge < -0.3 is 19.6 Å². The third-order valence-corrected chi connectivity index (χ3v) is 5.14. The van der Waals surface area contributed by atoms with Crippen molar-refractivity contribution >= 4 is 5.91 Å². The highest BCUT2D eigenvalue weighted by atomic mass is 19.4. The molecule has 2 N–H and O–H groups in total. The van der Waals surface area contributed by atoms with Gasteiger partial charge in [0.05, 0.1) is 39.2 Å². The maximum Gasteiger partial charge on any atom is 0.417 e. The summed E-state index contributed by atoms with van der Waals surface area (Å²) in [5.41, 5.74) is -0.574. The normalized spacial score (nSPS) is 20.4. The van der Waals surface area contributed by atoms with Gasteiger partial charge in [0.2, 0.25) is 5.91 Å². The Balaban J connectivity index is 1.50. The largest absolute Gasteiger partial charge is 0.493 e. The molecule has 1 aromatic rings. The molecule has 0 bridgehead atoms. The predicted molar refractivity (Wildman–Crippen MR) is 87.9 cm³/mol. The molecule has 0 unspecified atom stereocenters. The molecule has 0 aliphatic carbocycles. The fourth-order valence-electron chi connectivity index (χ4n) is 3.39. The van der Waals surface area contributed by atoms with E-state index in [0.717, 1.165) is 18.7 Å². The number of hydrogen-bond acceptors (Lipinski definition) is 3. The van der Waals surface area contributed by atoms with Crippen molar-refractivity contribution in [2.75, 3.05) is 32.8 Å². The van der Waals surface area contributed by atoms with E-state index in [1.165, 1.54) is 20.9 Å². The van der Waals surface area contributed by atoms with Crippen LogP contribution in [0.2, 0.25) is 0 Å². The second-order valence-electron chi connectivity index (χ2n) is 7.30. The van der Waals surface area contributed by atoms with E-state index < -0.39 is 24.1 Å². The number of alkyl halides is 3. The number of amides is 1. The molecule has 5 nitrogen and oxygen atoms in total. The van der Waals surface area contributed by atoms with Crippen molar-refractivity contribution < 1.29 is 32.7 Å². The van der Waals surface area contributed by atoms with Gasteiger partial charge in [0.25, 0.3) is 0 Å². The Morgan fingerprint density at radius 2 is 2.00 bits per heavy atom. The van der Waals surface area contributed by atoms with E-state index >= 15 is 0 Å². The van der Waals surface area contributed by atoms with Crippen LogP contribution in [0.3, 0.4) is 0 Å². The predicted octanol–water partition coefficient (Wildman–Crippen LogP) is 0.552. The second kappa shape index (κ2) is 7.08. The molecule has 1 amide bonds. The maximum absolute atomic E-state index is 12.7. The molecule has 144 valence electrons. The first kappa shape index (κ1) is 19.0. The highest BCUT2D eigenvalue weighted by Gasteiger charge is 2.51. The number of carbonyl (C=O) groups is 1. The van der Waals surface area contributed by atoms with Crippen LogP contribution in [0.25, 0.3) is 0 Å². The number of aliphatic hydroxyl groups is 1. The highest BCUT2D eigenvalue weighted by molar-refractivity contribution is 5.77. The Hall–Kier alpha value is -1.80. The Bertz CT molecular complexity index is 668. The number of benzene rings is 1. The number of hydrogen-bond donors (Lipinski definition) is 2. The van der Waals surface area contributed by atoms with E-state index in [4.69, 9.17) is 4.74 Å². The van der Waals surface area contributed by atoms with Gasteiger partial charge in [-0.15, -0.1) is 0 Å². The summed E-state index contributed by atoms with van der Waals surface area (Å²) in [6.45, 7) is 4.32. The van der Waals surface area contributed by atoms with Gasteiger partial charge in [-0.2, -0.15) is 13.2 Å². The third-order valence-electron chi connectivity index (χ3n) is 5.14. The minimum atomic E-state index is -4.81. The van der Waals surface area contributed by atoms with E-state index in [1.54, 1.807) is 0 Å². The molecule has 2 heterocycles. The van der Waals surface area contributed by atoms with Gasteiger partial charge in [-0.3, -0.25) is 4.79 Å². The van der Waals surface area contributed by atoms with Gasteiger partial charge >= 0.3 is 6.18 Å². The summed E-state index contributed by atoms with van der Waals surface area (Å²) in [5.74, 6) is 0.289. The lowest BCUT2D eigenvalue weighted by Gasteiger charge is -2.34. The Labute approximate surface area is 150 Å². The van der Waals surface area contributed by atoms with Crippen LogP contribution in [0.15, 0.2) is 18.2 Å². The van der Waals surface area contributed by atoms with Crippen LogP contribution in [0, 0.1) is 0 Å². The van der Waals surface area contributed by atoms with Gasteiger partial charge in [0.1, 0.15) is 12.3 Å². The van der Waals surface area contributed by atoms with E-state index in [1.807, 2.05) is 12.1 Å². The number of halogens is 3. The lowest BCUT2D eigenvalue weighted by atomic mass is 10.0. The Morgan fingerprint density at radius 1 is 1.31 bits per heavy atom. The van der Waals surface area contributed by atoms with Crippen molar-refractivity contribution in [2.45, 2.75) is 38.1 Å². The number of nitrogens with one attached hydrogen (secondary N) is 1. The van der Waals surface area contributed by atoms with Crippen molar-refractivity contribution in [2.24, 2.45) is 0 Å². The molecule has 1 atom stereocenters. The summed E-state index contributed by atoms with van der Waals surface area (Å²) in [6.07, 6.45) is -4.83. The van der Waals surface area contributed by atoms with Crippen molar-refractivity contribution in [1.82, 2.24) is 4.90 Å². The van der Waals surface area contributed by atoms with E-state index in [-0.39, 0.29) is 0 Å². The zero-order valence-corrected chi connectivity index (χ0v) is 14.7. The molecule has 0 radical (unpaired) electrons. The molecule has 3 rings (SSSR count). The van der Waals surface area contributed by atoms with Crippen molar-refractivity contribution in [1.29, 1.82) is 0 Å². The van der Waals surface area contributed by atoms with E-state index in [9.17, 15) is 23.1 Å². The van der Waals surface area contributed by atoms with E-state index in [0.29, 0.717) is 39.7 Å². The zero-order chi connectivity index (χ0) is 18.9. The van der Waals surface area contributed by atoms with Gasteiger partial charge in [-0.1, -0.05) is 0 Å². The lowest BCUT2D eigenvalue weighted by Crippen LogP contribution is -3.13. The summed E-state index contributed by atoms with van der Waals surface area (Å²) in [4.78, 5) is 14.8. The first-order valence-electron chi connectivity index (χ1n) is 8.81. The van der Waals surface area contributed by atoms with Crippen LogP contribution in [0.4, 0.5) is 13.2 Å². The quantitative estimate of drug-likeness (QED) is 0.811. The van der Waals surface area contributed by atoms with Gasteiger partial charge in [0, 0.05) is 12.0 Å². The maximum atomic E-state index is 12.7. The van der Waals surface area contributed by atoms with Crippen molar-refractivity contribution in [3.05, 3.63) is 29.3 Å². The number of ether oxygens (including phenoxy) is 1. The molecule has 0 saturated carbocycles. The second-order valence-corrected chi connectivity index (χ2v) is 7.30. The fraction of sp³-hybridized carbons (Fsp3) is 0.611. The topological polar surface area (TPSA) is 54.2 Å². The lowest BCUT2D eigenvalue weighted by molar-refractivity contribution is -0.917.